The lowest BCUT2D eigenvalue weighted by atomic mass is 10.0. The Bertz CT molecular complexity index is 335. The van der Waals surface area contributed by atoms with E-state index in [1.54, 1.807) is 0 Å². The molecule has 0 saturated heterocycles. The van der Waals surface area contributed by atoms with E-state index < -0.39 is 6.04 Å². The van der Waals surface area contributed by atoms with Crippen LogP contribution in [0.15, 0.2) is 30.3 Å². The Morgan fingerprint density at radius 1 is 1.19 bits per heavy atom. The molecule has 1 amide bonds. The third kappa shape index (κ3) is 3.35. The number of carbonyl (C=O) groups excluding carboxylic acids is 1. The minimum Gasteiger partial charge on any atom is -0.352 e. The average molecular weight is 220 g/mol. The lowest BCUT2D eigenvalue weighted by Crippen LogP contribution is -2.41. The molecule has 3 N–H and O–H groups in total. The van der Waals surface area contributed by atoms with Crippen molar-refractivity contribution >= 4 is 5.91 Å². The van der Waals surface area contributed by atoms with Gasteiger partial charge in [-0.2, -0.15) is 0 Å². The summed E-state index contributed by atoms with van der Waals surface area (Å²) in [4.78, 5) is 11.8. The van der Waals surface area contributed by atoms with Crippen LogP contribution in [0.3, 0.4) is 0 Å². The molecule has 0 aromatic heterocycles. The predicted octanol–water partition coefficient (Wildman–Crippen LogP) is 1.85. The molecule has 16 heavy (non-hydrogen) atoms. The van der Waals surface area contributed by atoms with E-state index in [2.05, 4.69) is 19.2 Å². The molecule has 1 aromatic carbocycles. The molecule has 0 spiro atoms. The molecule has 0 fully saturated rings. The molecule has 0 heterocycles. The quantitative estimate of drug-likeness (QED) is 0.813. The summed E-state index contributed by atoms with van der Waals surface area (Å²) in [6.07, 6.45) is 0. The number of nitrogens with two attached hydrogens (primary N) is 1. The molecular weight excluding hydrogens is 200 g/mol. The van der Waals surface area contributed by atoms with E-state index in [-0.39, 0.29) is 11.9 Å². The fourth-order valence-electron chi connectivity index (χ4n) is 1.29. The summed E-state index contributed by atoms with van der Waals surface area (Å²) in [7, 11) is 0. The predicted molar refractivity (Wildman–Crippen MR) is 65.8 cm³/mol. The van der Waals surface area contributed by atoms with Crippen molar-refractivity contribution < 1.29 is 4.79 Å². The minimum absolute atomic E-state index is 0.118. The highest BCUT2D eigenvalue weighted by atomic mass is 16.2. The SMILES string of the molecule is CC(C)C(C)NC(=O)C(N)c1ccccc1. The Kier molecular flexibility index (Phi) is 4.50. The van der Waals surface area contributed by atoms with Crippen LogP contribution in [0.25, 0.3) is 0 Å². The lowest BCUT2D eigenvalue weighted by Gasteiger charge is -2.20. The van der Waals surface area contributed by atoms with Crippen LogP contribution < -0.4 is 11.1 Å². The monoisotopic (exact) mass is 220 g/mol. The van der Waals surface area contributed by atoms with Crippen LogP contribution in [0.5, 0.6) is 0 Å². The molecule has 0 aliphatic carbocycles. The summed E-state index contributed by atoms with van der Waals surface area (Å²) in [5, 5.41) is 2.91. The van der Waals surface area contributed by atoms with Crippen molar-refractivity contribution in [2.45, 2.75) is 32.9 Å². The van der Waals surface area contributed by atoms with Crippen molar-refractivity contribution in [1.29, 1.82) is 0 Å². The number of hydrogen-bond donors (Lipinski definition) is 2. The smallest absolute Gasteiger partial charge is 0.241 e. The van der Waals surface area contributed by atoms with Crippen molar-refractivity contribution in [3.63, 3.8) is 0 Å². The molecule has 0 saturated carbocycles. The molecule has 0 aliphatic rings. The Morgan fingerprint density at radius 3 is 2.25 bits per heavy atom. The molecule has 1 aromatic rings. The maximum Gasteiger partial charge on any atom is 0.241 e. The molecule has 0 bridgehead atoms. The van der Waals surface area contributed by atoms with Crippen molar-refractivity contribution in [3.05, 3.63) is 35.9 Å². The van der Waals surface area contributed by atoms with E-state index in [9.17, 15) is 4.79 Å². The van der Waals surface area contributed by atoms with Gasteiger partial charge in [0.15, 0.2) is 0 Å². The Balaban J connectivity index is 2.62. The first kappa shape index (κ1) is 12.7. The van der Waals surface area contributed by atoms with E-state index in [1.165, 1.54) is 0 Å². The standard InChI is InChI=1S/C13H20N2O/c1-9(2)10(3)15-13(16)12(14)11-7-5-4-6-8-11/h4-10,12H,14H2,1-3H3,(H,15,16). The zero-order valence-electron chi connectivity index (χ0n) is 10.1. The highest BCUT2D eigenvalue weighted by molar-refractivity contribution is 5.83. The molecule has 2 atom stereocenters. The first-order chi connectivity index (χ1) is 7.52. The molecule has 3 nitrogen and oxygen atoms in total. The second-order valence-corrected chi connectivity index (χ2v) is 4.43. The van der Waals surface area contributed by atoms with Gasteiger partial charge >= 0.3 is 0 Å². The van der Waals surface area contributed by atoms with Gasteiger partial charge in [-0.1, -0.05) is 44.2 Å². The van der Waals surface area contributed by atoms with Crippen LogP contribution in [-0.4, -0.2) is 11.9 Å². The van der Waals surface area contributed by atoms with E-state index in [1.807, 2.05) is 37.3 Å². The molecule has 3 heteroatoms. The van der Waals surface area contributed by atoms with Gasteiger partial charge in [-0.3, -0.25) is 4.79 Å². The molecule has 0 radical (unpaired) electrons. The van der Waals surface area contributed by atoms with Crippen LogP contribution in [-0.2, 0) is 4.79 Å². The highest BCUT2D eigenvalue weighted by Gasteiger charge is 2.18. The van der Waals surface area contributed by atoms with Gasteiger partial charge in [0.05, 0.1) is 0 Å². The zero-order valence-corrected chi connectivity index (χ0v) is 10.1. The lowest BCUT2D eigenvalue weighted by molar-refractivity contribution is -0.123. The first-order valence-electron chi connectivity index (χ1n) is 5.63. The summed E-state index contributed by atoms with van der Waals surface area (Å²) in [6, 6.07) is 8.96. The third-order valence-electron chi connectivity index (χ3n) is 2.81. The Labute approximate surface area is 97.0 Å². The molecule has 1 rings (SSSR count). The third-order valence-corrected chi connectivity index (χ3v) is 2.81. The van der Waals surface area contributed by atoms with Crippen LogP contribution in [0.1, 0.15) is 32.4 Å². The number of nitrogens with one attached hydrogen (secondary N) is 1. The second-order valence-electron chi connectivity index (χ2n) is 4.43. The largest absolute Gasteiger partial charge is 0.352 e. The molecule has 88 valence electrons. The van der Waals surface area contributed by atoms with Crippen molar-refractivity contribution in [2.75, 3.05) is 0 Å². The number of hydrogen-bond acceptors (Lipinski definition) is 2. The second kappa shape index (κ2) is 5.66. The summed E-state index contributed by atoms with van der Waals surface area (Å²) < 4.78 is 0. The molecule has 0 aliphatic heterocycles. The summed E-state index contributed by atoms with van der Waals surface area (Å²) in [6.45, 7) is 6.12. The van der Waals surface area contributed by atoms with Gasteiger partial charge < -0.3 is 11.1 Å². The van der Waals surface area contributed by atoms with Crippen molar-refractivity contribution in [2.24, 2.45) is 11.7 Å². The molecular formula is C13H20N2O. The number of amides is 1. The van der Waals surface area contributed by atoms with Crippen LogP contribution in [0, 0.1) is 5.92 Å². The van der Waals surface area contributed by atoms with Crippen molar-refractivity contribution in [3.8, 4) is 0 Å². The number of rotatable bonds is 4. The Hall–Kier alpha value is -1.35. The zero-order chi connectivity index (χ0) is 12.1. The van der Waals surface area contributed by atoms with Crippen LogP contribution >= 0.6 is 0 Å². The highest BCUT2D eigenvalue weighted by Crippen LogP contribution is 2.10. The van der Waals surface area contributed by atoms with E-state index in [0.29, 0.717) is 5.92 Å². The van der Waals surface area contributed by atoms with Gasteiger partial charge in [-0.05, 0) is 18.4 Å². The van der Waals surface area contributed by atoms with Crippen LogP contribution in [0.4, 0.5) is 0 Å². The minimum atomic E-state index is -0.581. The first-order valence-corrected chi connectivity index (χ1v) is 5.63. The summed E-state index contributed by atoms with van der Waals surface area (Å²) in [5.41, 5.74) is 6.72. The maximum atomic E-state index is 11.8. The van der Waals surface area contributed by atoms with E-state index in [0.717, 1.165) is 5.56 Å². The fraction of sp³-hybridized carbons (Fsp3) is 0.462. The maximum absolute atomic E-state index is 11.8. The average Bonchev–Trinajstić information content (AvgIpc) is 2.28. The van der Waals surface area contributed by atoms with Gasteiger partial charge in [0, 0.05) is 6.04 Å². The number of benzene rings is 1. The van der Waals surface area contributed by atoms with Gasteiger partial charge in [0.1, 0.15) is 6.04 Å². The van der Waals surface area contributed by atoms with Gasteiger partial charge in [0.25, 0.3) is 0 Å². The van der Waals surface area contributed by atoms with Gasteiger partial charge in [-0.25, -0.2) is 0 Å². The number of carbonyl (C=O) groups is 1. The van der Waals surface area contributed by atoms with Gasteiger partial charge in [0.2, 0.25) is 5.91 Å². The van der Waals surface area contributed by atoms with Crippen molar-refractivity contribution in [1.82, 2.24) is 5.32 Å². The summed E-state index contributed by atoms with van der Waals surface area (Å²) >= 11 is 0. The fourth-order valence-corrected chi connectivity index (χ4v) is 1.29. The molecule has 2 unspecified atom stereocenters. The van der Waals surface area contributed by atoms with E-state index in [4.69, 9.17) is 5.73 Å². The Morgan fingerprint density at radius 2 is 1.75 bits per heavy atom. The topological polar surface area (TPSA) is 55.1 Å². The van der Waals surface area contributed by atoms with E-state index >= 15 is 0 Å². The van der Waals surface area contributed by atoms with Crippen LogP contribution in [0.2, 0.25) is 0 Å². The van der Waals surface area contributed by atoms with Gasteiger partial charge in [-0.15, -0.1) is 0 Å². The normalized spacial score (nSPS) is 14.6. The summed E-state index contributed by atoms with van der Waals surface area (Å²) in [5.74, 6) is 0.291.